The van der Waals surface area contributed by atoms with Gasteiger partial charge < -0.3 is 14.8 Å². The van der Waals surface area contributed by atoms with Crippen LogP contribution in [0.15, 0.2) is 0 Å². The predicted molar refractivity (Wildman–Crippen MR) is 73.8 cm³/mol. The van der Waals surface area contributed by atoms with Crippen LogP contribution < -0.4 is 5.32 Å². The molecule has 2 fully saturated rings. The van der Waals surface area contributed by atoms with Crippen molar-refractivity contribution in [2.45, 2.75) is 76.7 Å². The van der Waals surface area contributed by atoms with Gasteiger partial charge in [0.15, 0.2) is 0 Å². The first kappa shape index (κ1) is 14.3. The van der Waals surface area contributed by atoms with E-state index in [1.165, 1.54) is 12.8 Å². The minimum Gasteiger partial charge on any atom is -0.378 e. The standard InChI is InChI=1S/C15H29NO2/c1-14(2)10-12(15(3,4)18-14)13(16-5)9-11-7-6-8-17-11/h11-13,16H,6-10H2,1-5H3. The van der Waals surface area contributed by atoms with Gasteiger partial charge >= 0.3 is 0 Å². The summed E-state index contributed by atoms with van der Waals surface area (Å²) in [5.74, 6) is 0.557. The normalized spacial score (nSPS) is 35.8. The van der Waals surface area contributed by atoms with E-state index in [1.54, 1.807) is 0 Å². The lowest BCUT2D eigenvalue weighted by Crippen LogP contribution is -2.44. The molecule has 0 bridgehead atoms. The Morgan fingerprint density at radius 1 is 1.28 bits per heavy atom. The summed E-state index contributed by atoms with van der Waals surface area (Å²) < 4.78 is 12.0. The Labute approximate surface area is 112 Å². The third kappa shape index (κ3) is 3.06. The molecule has 2 aliphatic rings. The molecule has 0 saturated carbocycles. The van der Waals surface area contributed by atoms with Crippen molar-refractivity contribution in [3.05, 3.63) is 0 Å². The maximum absolute atomic E-state index is 6.22. The van der Waals surface area contributed by atoms with Crippen molar-refractivity contribution in [3.8, 4) is 0 Å². The van der Waals surface area contributed by atoms with Crippen molar-refractivity contribution < 1.29 is 9.47 Å². The molecule has 0 spiro atoms. The molecule has 106 valence electrons. The Kier molecular flexibility index (Phi) is 4.05. The minimum atomic E-state index is -0.0459. The number of hydrogen-bond acceptors (Lipinski definition) is 3. The fourth-order valence-corrected chi connectivity index (χ4v) is 3.83. The summed E-state index contributed by atoms with van der Waals surface area (Å²) in [4.78, 5) is 0. The lowest BCUT2D eigenvalue weighted by molar-refractivity contribution is -0.0788. The van der Waals surface area contributed by atoms with Crippen LogP contribution in [-0.2, 0) is 9.47 Å². The molecule has 2 aliphatic heterocycles. The third-order valence-electron chi connectivity index (χ3n) is 4.54. The molecule has 18 heavy (non-hydrogen) atoms. The molecule has 0 aliphatic carbocycles. The summed E-state index contributed by atoms with van der Waals surface area (Å²) in [6.45, 7) is 9.80. The summed E-state index contributed by atoms with van der Waals surface area (Å²) in [5, 5.41) is 3.50. The fourth-order valence-electron chi connectivity index (χ4n) is 3.83. The highest BCUT2D eigenvalue weighted by Crippen LogP contribution is 2.44. The van der Waals surface area contributed by atoms with Gasteiger partial charge in [0.25, 0.3) is 0 Å². The molecule has 2 saturated heterocycles. The first-order valence-electron chi connectivity index (χ1n) is 7.33. The van der Waals surface area contributed by atoms with E-state index in [-0.39, 0.29) is 11.2 Å². The second-order valence-electron chi connectivity index (χ2n) is 7.04. The molecule has 0 aromatic rings. The van der Waals surface area contributed by atoms with Crippen molar-refractivity contribution in [3.63, 3.8) is 0 Å². The van der Waals surface area contributed by atoms with Gasteiger partial charge in [-0.05, 0) is 60.4 Å². The highest BCUT2D eigenvalue weighted by Gasteiger charge is 2.49. The Bertz CT molecular complexity index is 282. The van der Waals surface area contributed by atoms with Crippen molar-refractivity contribution in [1.29, 1.82) is 0 Å². The molecular weight excluding hydrogens is 226 g/mol. The summed E-state index contributed by atoms with van der Waals surface area (Å²) in [6, 6.07) is 0.491. The second-order valence-corrected chi connectivity index (χ2v) is 7.04. The van der Waals surface area contributed by atoms with Gasteiger partial charge in [-0.25, -0.2) is 0 Å². The van der Waals surface area contributed by atoms with Gasteiger partial charge in [-0.1, -0.05) is 0 Å². The van der Waals surface area contributed by atoms with Crippen LogP contribution in [0.3, 0.4) is 0 Å². The van der Waals surface area contributed by atoms with E-state index in [9.17, 15) is 0 Å². The van der Waals surface area contributed by atoms with Crippen LogP contribution in [-0.4, -0.2) is 37.0 Å². The predicted octanol–water partition coefficient (Wildman–Crippen LogP) is 2.74. The van der Waals surface area contributed by atoms with Crippen LogP contribution in [0, 0.1) is 5.92 Å². The SMILES string of the molecule is CNC(CC1CCCO1)C1CC(C)(C)OC1(C)C. The third-order valence-corrected chi connectivity index (χ3v) is 4.54. The Balaban J connectivity index is 2.02. The van der Waals surface area contributed by atoms with Crippen LogP contribution in [0.5, 0.6) is 0 Å². The summed E-state index contributed by atoms with van der Waals surface area (Å²) in [6.07, 6.45) is 5.12. The molecule has 3 heteroatoms. The lowest BCUT2D eigenvalue weighted by atomic mass is 9.79. The van der Waals surface area contributed by atoms with Gasteiger partial charge in [0.05, 0.1) is 17.3 Å². The molecule has 2 heterocycles. The largest absolute Gasteiger partial charge is 0.378 e. The van der Waals surface area contributed by atoms with Gasteiger partial charge in [-0.15, -0.1) is 0 Å². The van der Waals surface area contributed by atoms with Crippen LogP contribution in [0.1, 0.15) is 53.4 Å². The Morgan fingerprint density at radius 2 is 2.00 bits per heavy atom. The van der Waals surface area contributed by atoms with Crippen molar-refractivity contribution in [1.82, 2.24) is 5.32 Å². The summed E-state index contributed by atoms with van der Waals surface area (Å²) in [7, 11) is 2.07. The van der Waals surface area contributed by atoms with Crippen LogP contribution in [0.4, 0.5) is 0 Å². The smallest absolute Gasteiger partial charge is 0.0677 e. The van der Waals surface area contributed by atoms with Crippen molar-refractivity contribution in [2.24, 2.45) is 5.92 Å². The molecule has 3 unspecified atom stereocenters. The molecule has 0 amide bonds. The molecule has 1 N–H and O–H groups in total. The highest BCUT2D eigenvalue weighted by molar-refractivity contribution is 4.99. The van der Waals surface area contributed by atoms with Gasteiger partial charge in [0.2, 0.25) is 0 Å². The van der Waals surface area contributed by atoms with E-state index in [0.717, 1.165) is 19.4 Å². The highest BCUT2D eigenvalue weighted by atomic mass is 16.5. The minimum absolute atomic E-state index is 0.000199. The topological polar surface area (TPSA) is 30.5 Å². The van der Waals surface area contributed by atoms with Crippen LogP contribution in [0.25, 0.3) is 0 Å². The van der Waals surface area contributed by atoms with Crippen LogP contribution in [0.2, 0.25) is 0 Å². The average molecular weight is 255 g/mol. The summed E-state index contributed by atoms with van der Waals surface area (Å²) in [5.41, 5.74) is -0.0461. The zero-order valence-electron chi connectivity index (χ0n) is 12.6. The van der Waals surface area contributed by atoms with E-state index >= 15 is 0 Å². The fraction of sp³-hybridized carbons (Fsp3) is 1.00. The number of hydrogen-bond donors (Lipinski definition) is 1. The monoisotopic (exact) mass is 255 g/mol. The Morgan fingerprint density at radius 3 is 2.44 bits per heavy atom. The molecule has 3 atom stereocenters. The maximum atomic E-state index is 6.22. The van der Waals surface area contributed by atoms with E-state index in [1.807, 2.05) is 0 Å². The molecule has 3 nitrogen and oxygen atoms in total. The van der Waals surface area contributed by atoms with Crippen molar-refractivity contribution >= 4 is 0 Å². The zero-order valence-corrected chi connectivity index (χ0v) is 12.6. The number of ether oxygens (including phenoxy) is 2. The quantitative estimate of drug-likeness (QED) is 0.838. The van der Waals surface area contributed by atoms with E-state index < -0.39 is 0 Å². The van der Waals surface area contributed by atoms with Gasteiger partial charge in [0, 0.05) is 18.6 Å². The molecule has 0 aromatic carbocycles. The average Bonchev–Trinajstić information content (AvgIpc) is 2.80. The lowest BCUT2D eigenvalue weighted by Gasteiger charge is -2.34. The molecule has 0 aromatic heterocycles. The van der Waals surface area contributed by atoms with Gasteiger partial charge in [0.1, 0.15) is 0 Å². The molecule has 2 rings (SSSR count). The van der Waals surface area contributed by atoms with Gasteiger partial charge in [-0.2, -0.15) is 0 Å². The summed E-state index contributed by atoms with van der Waals surface area (Å²) >= 11 is 0. The van der Waals surface area contributed by atoms with Crippen LogP contribution >= 0.6 is 0 Å². The number of nitrogens with one attached hydrogen (secondary N) is 1. The number of rotatable bonds is 4. The molecular formula is C15H29NO2. The maximum Gasteiger partial charge on any atom is 0.0677 e. The van der Waals surface area contributed by atoms with E-state index in [0.29, 0.717) is 18.1 Å². The second kappa shape index (κ2) is 5.10. The zero-order chi connectivity index (χ0) is 13.4. The van der Waals surface area contributed by atoms with Gasteiger partial charge in [-0.3, -0.25) is 0 Å². The Hall–Kier alpha value is -0.120. The first-order valence-corrected chi connectivity index (χ1v) is 7.33. The molecule has 0 radical (unpaired) electrons. The van der Waals surface area contributed by atoms with E-state index in [2.05, 4.69) is 40.1 Å². The first-order chi connectivity index (χ1) is 8.34. The van der Waals surface area contributed by atoms with E-state index in [4.69, 9.17) is 9.47 Å². The van der Waals surface area contributed by atoms with Crippen molar-refractivity contribution in [2.75, 3.05) is 13.7 Å².